The first-order valence-electron chi connectivity index (χ1n) is 10.1. The van der Waals surface area contributed by atoms with Crippen molar-refractivity contribution in [1.29, 1.82) is 0 Å². The highest BCUT2D eigenvalue weighted by Crippen LogP contribution is 2.66. The van der Waals surface area contributed by atoms with Crippen LogP contribution in [0.4, 0.5) is 0 Å². The Morgan fingerprint density at radius 2 is 1.86 bits per heavy atom. The van der Waals surface area contributed by atoms with Gasteiger partial charge in [-0.25, -0.2) is 0 Å². The first kappa shape index (κ1) is 18.4. The number of rotatable bonds is 4. The molecule has 0 aliphatic heterocycles. The lowest BCUT2D eigenvalue weighted by molar-refractivity contribution is -0.0237. The number of nitrogens with one attached hydrogen (secondary N) is 1. The van der Waals surface area contributed by atoms with Crippen LogP contribution in [0.15, 0.2) is 54.7 Å². The summed E-state index contributed by atoms with van der Waals surface area (Å²) < 4.78 is 0. The number of halogens is 2. The zero-order chi connectivity index (χ0) is 19.4. The van der Waals surface area contributed by atoms with E-state index in [1.807, 2.05) is 30.3 Å². The van der Waals surface area contributed by atoms with Gasteiger partial charge < -0.3 is 5.32 Å². The van der Waals surface area contributed by atoms with Gasteiger partial charge in [0.25, 0.3) is 5.91 Å². The molecule has 4 saturated carbocycles. The number of carbonyl (C=O) groups excluding carboxylic acids is 1. The lowest BCUT2D eigenvalue weighted by Crippen LogP contribution is -2.62. The molecule has 1 heterocycles. The predicted octanol–water partition coefficient (Wildman–Crippen LogP) is 5.35. The van der Waals surface area contributed by atoms with E-state index in [2.05, 4.69) is 22.4 Å². The summed E-state index contributed by atoms with van der Waals surface area (Å²) in [7, 11) is 0. The molecule has 1 aromatic carbocycles. The van der Waals surface area contributed by atoms with Crippen molar-refractivity contribution in [2.24, 2.45) is 17.8 Å². The lowest BCUT2D eigenvalue weighted by Gasteiger charge is -2.63. The lowest BCUT2D eigenvalue weighted by atomic mass is 9.49. The molecule has 146 valence electrons. The summed E-state index contributed by atoms with van der Waals surface area (Å²) in [6.07, 6.45) is 6.71. The number of pyridine rings is 1. The molecule has 3 nitrogen and oxygen atoms in total. The highest BCUT2D eigenvalue weighted by molar-refractivity contribution is 6.28. The van der Waals surface area contributed by atoms with Crippen LogP contribution in [-0.4, -0.2) is 20.6 Å². The van der Waals surface area contributed by atoms with E-state index in [9.17, 15) is 4.79 Å². The number of hydrogen-bond donors (Lipinski definition) is 1. The normalized spacial score (nSPS) is 36.9. The molecule has 0 spiro atoms. The second-order valence-electron chi connectivity index (χ2n) is 8.94. The Kier molecular flexibility index (Phi) is 4.44. The molecule has 6 rings (SSSR count). The van der Waals surface area contributed by atoms with Crippen LogP contribution in [0, 0.1) is 17.8 Å². The summed E-state index contributed by atoms with van der Waals surface area (Å²) in [6.45, 7) is 0. The van der Waals surface area contributed by atoms with Gasteiger partial charge in [0.05, 0.1) is 10.9 Å². The van der Waals surface area contributed by atoms with E-state index in [0.717, 1.165) is 37.7 Å². The summed E-state index contributed by atoms with van der Waals surface area (Å²) in [5.41, 5.74) is 1.54. The third-order valence-corrected chi connectivity index (χ3v) is 7.95. The molecule has 4 aliphatic rings. The van der Waals surface area contributed by atoms with Crippen LogP contribution in [0.3, 0.4) is 0 Å². The van der Waals surface area contributed by atoms with Crippen molar-refractivity contribution in [1.82, 2.24) is 10.3 Å². The fourth-order valence-corrected chi connectivity index (χ4v) is 7.82. The van der Waals surface area contributed by atoms with Crippen LogP contribution in [0.5, 0.6) is 0 Å². The predicted molar refractivity (Wildman–Crippen MR) is 112 cm³/mol. The third-order valence-electron chi connectivity index (χ3n) is 6.96. The van der Waals surface area contributed by atoms with Crippen molar-refractivity contribution in [2.45, 2.75) is 47.9 Å². The van der Waals surface area contributed by atoms with Crippen molar-refractivity contribution >= 4 is 29.1 Å². The monoisotopic (exact) mass is 414 g/mol. The zero-order valence-electron chi connectivity index (χ0n) is 15.7. The molecule has 2 aromatic rings. The SMILES string of the molecule is O=C(N[C@@H](c1ccccc1)[C@H]1[C@H]2C[C@@H]3C[C@](Cl)(C2)C[C@@]1(Cl)C3)c1ccccn1. The Labute approximate surface area is 175 Å². The van der Waals surface area contributed by atoms with Gasteiger partial charge in [0, 0.05) is 17.0 Å². The first-order valence-corrected chi connectivity index (χ1v) is 10.9. The van der Waals surface area contributed by atoms with Crippen LogP contribution in [-0.2, 0) is 0 Å². The van der Waals surface area contributed by atoms with Gasteiger partial charge in [-0.05, 0) is 61.6 Å². The summed E-state index contributed by atoms with van der Waals surface area (Å²) in [4.78, 5) is 16.7. The van der Waals surface area contributed by atoms with Crippen LogP contribution in [0.25, 0.3) is 0 Å². The van der Waals surface area contributed by atoms with Gasteiger partial charge in [-0.2, -0.15) is 0 Å². The molecule has 4 aliphatic carbocycles. The van der Waals surface area contributed by atoms with Gasteiger partial charge >= 0.3 is 0 Å². The fourth-order valence-electron chi connectivity index (χ4n) is 6.32. The van der Waals surface area contributed by atoms with Gasteiger partial charge in [-0.15, -0.1) is 23.2 Å². The molecule has 1 amide bonds. The average Bonchev–Trinajstić information content (AvgIpc) is 2.66. The Balaban J connectivity index is 1.51. The van der Waals surface area contributed by atoms with Gasteiger partial charge in [-0.3, -0.25) is 9.78 Å². The standard InChI is InChI=1S/C23H24Cl2N2O/c24-22-11-15-10-17(13-22)19(23(25,12-15)14-22)20(16-6-2-1-3-7-16)27-21(28)18-8-4-5-9-26-18/h1-9,15,17,19-20H,10-14H2,(H,27,28)/t15-,17+,19-,20+,22+,23+/m1/s1. The van der Waals surface area contributed by atoms with Crippen LogP contribution < -0.4 is 5.32 Å². The van der Waals surface area contributed by atoms with Crippen LogP contribution in [0.1, 0.15) is 54.2 Å². The number of nitrogens with zero attached hydrogens (tertiary/aromatic N) is 1. The Morgan fingerprint density at radius 1 is 1.07 bits per heavy atom. The molecule has 0 unspecified atom stereocenters. The highest BCUT2D eigenvalue weighted by Gasteiger charge is 2.63. The van der Waals surface area contributed by atoms with Crippen molar-refractivity contribution in [3.63, 3.8) is 0 Å². The summed E-state index contributed by atoms with van der Waals surface area (Å²) in [5, 5.41) is 3.29. The van der Waals surface area contributed by atoms with Crippen molar-refractivity contribution in [3.8, 4) is 0 Å². The maximum atomic E-state index is 13.0. The average molecular weight is 415 g/mol. The number of hydrogen-bond acceptors (Lipinski definition) is 2. The minimum atomic E-state index is -0.357. The molecule has 0 radical (unpaired) electrons. The molecule has 28 heavy (non-hydrogen) atoms. The number of amides is 1. The molecule has 1 N–H and O–H groups in total. The van der Waals surface area contributed by atoms with Crippen LogP contribution >= 0.6 is 23.2 Å². The van der Waals surface area contributed by atoms with Gasteiger partial charge in [-0.1, -0.05) is 36.4 Å². The van der Waals surface area contributed by atoms with Gasteiger partial charge in [0.2, 0.25) is 0 Å². The maximum absolute atomic E-state index is 13.0. The topological polar surface area (TPSA) is 42.0 Å². The number of carbonyl (C=O) groups is 1. The molecular formula is C23H24Cl2N2O. The van der Waals surface area contributed by atoms with Gasteiger partial charge in [0.1, 0.15) is 5.69 Å². The van der Waals surface area contributed by atoms with E-state index >= 15 is 0 Å². The maximum Gasteiger partial charge on any atom is 0.270 e. The Bertz CT molecular complexity index is 877. The molecule has 4 fully saturated rings. The molecule has 5 heteroatoms. The van der Waals surface area contributed by atoms with Crippen LogP contribution in [0.2, 0.25) is 0 Å². The van der Waals surface area contributed by atoms with E-state index in [4.69, 9.17) is 23.2 Å². The van der Waals surface area contributed by atoms with E-state index in [0.29, 0.717) is 17.5 Å². The zero-order valence-corrected chi connectivity index (χ0v) is 17.2. The third kappa shape index (κ3) is 3.13. The molecule has 6 atom stereocenters. The minimum Gasteiger partial charge on any atom is -0.344 e. The molecule has 1 aromatic heterocycles. The highest BCUT2D eigenvalue weighted by atomic mass is 35.5. The number of benzene rings is 1. The first-order chi connectivity index (χ1) is 13.5. The largest absolute Gasteiger partial charge is 0.344 e. The molecule has 0 saturated heterocycles. The second kappa shape index (κ2) is 6.74. The number of alkyl halides is 2. The molecule has 4 bridgehead atoms. The summed E-state index contributed by atoms with van der Waals surface area (Å²) in [6, 6.07) is 15.5. The summed E-state index contributed by atoms with van der Waals surface area (Å²) in [5.74, 6) is 1.07. The smallest absolute Gasteiger partial charge is 0.270 e. The summed E-state index contributed by atoms with van der Waals surface area (Å²) >= 11 is 14.3. The Hall–Kier alpha value is -1.58. The van der Waals surface area contributed by atoms with Crippen molar-refractivity contribution < 1.29 is 4.79 Å². The second-order valence-corrected chi connectivity index (χ2v) is 10.5. The van der Waals surface area contributed by atoms with E-state index < -0.39 is 0 Å². The van der Waals surface area contributed by atoms with E-state index in [1.54, 1.807) is 12.3 Å². The fraction of sp³-hybridized carbons (Fsp3) is 0.478. The van der Waals surface area contributed by atoms with Gasteiger partial charge in [0.15, 0.2) is 0 Å². The number of aromatic nitrogens is 1. The Morgan fingerprint density at radius 3 is 2.54 bits per heavy atom. The van der Waals surface area contributed by atoms with E-state index in [1.165, 1.54) is 0 Å². The van der Waals surface area contributed by atoms with Crippen molar-refractivity contribution in [2.75, 3.05) is 0 Å². The van der Waals surface area contributed by atoms with E-state index in [-0.39, 0.29) is 27.6 Å². The minimum absolute atomic E-state index is 0.140. The molecular weight excluding hydrogens is 391 g/mol. The quantitative estimate of drug-likeness (QED) is 0.685. The van der Waals surface area contributed by atoms with Crippen molar-refractivity contribution in [3.05, 3.63) is 66.0 Å².